The molecule has 0 bridgehead atoms. The van der Waals surface area contributed by atoms with Crippen molar-refractivity contribution in [2.75, 3.05) is 26.3 Å². The van der Waals surface area contributed by atoms with Gasteiger partial charge in [0.1, 0.15) is 36.9 Å². The highest BCUT2D eigenvalue weighted by Gasteiger charge is 2.15. The van der Waals surface area contributed by atoms with Gasteiger partial charge < -0.3 is 24.9 Å². The molecular weight excluding hydrogens is 310 g/mol. The Hall–Kier alpha value is -2.12. The van der Waals surface area contributed by atoms with Crippen LogP contribution >= 0.6 is 0 Å². The number of benzene rings is 2. The molecule has 0 saturated heterocycles. The molecule has 2 unspecified atom stereocenters. The Bertz CT molecular complexity index is 515. The maximum absolute atomic E-state index is 9.86. The van der Waals surface area contributed by atoms with Crippen molar-refractivity contribution in [3.63, 3.8) is 0 Å². The van der Waals surface area contributed by atoms with Crippen LogP contribution in [-0.4, -0.2) is 59.0 Å². The van der Waals surface area contributed by atoms with Crippen LogP contribution in [0.5, 0.6) is 11.5 Å². The van der Waals surface area contributed by atoms with E-state index >= 15 is 0 Å². The van der Waals surface area contributed by atoms with E-state index in [1.165, 1.54) is 0 Å². The number of ether oxygens (including phenoxy) is 2. The molecule has 0 aliphatic carbocycles. The van der Waals surface area contributed by atoms with Crippen molar-refractivity contribution in [2.45, 2.75) is 12.2 Å². The topological polar surface area (TPSA) is 82.4 Å². The molecule has 0 radical (unpaired) electrons. The Balaban J connectivity index is 1.63. The van der Waals surface area contributed by atoms with Crippen LogP contribution < -0.4 is 9.47 Å². The summed E-state index contributed by atoms with van der Waals surface area (Å²) in [6.45, 7) is 0.0415. The number of hydrogen-bond acceptors (Lipinski definition) is 6. The van der Waals surface area contributed by atoms with Crippen LogP contribution in [0.3, 0.4) is 0 Å². The highest BCUT2D eigenvalue weighted by atomic mass is 16.5. The van der Waals surface area contributed by atoms with Gasteiger partial charge in [0.15, 0.2) is 0 Å². The van der Waals surface area contributed by atoms with Gasteiger partial charge in [0, 0.05) is 0 Å². The zero-order valence-electron chi connectivity index (χ0n) is 13.4. The quantitative estimate of drug-likeness (QED) is 0.573. The lowest BCUT2D eigenvalue weighted by atomic mass is 10.3. The summed E-state index contributed by atoms with van der Waals surface area (Å²) in [5.74, 6) is 1.30. The summed E-state index contributed by atoms with van der Waals surface area (Å²) in [6.07, 6.45) is -1.75. The standard InChI is InChI=1S/C18H23NO5/c20-15(13-23-17-7-3-1-4-8-17)11-19(22)12-16(21)14-24-18-9-5-2-6-10-18/h1-10,15-16,20-22H,11-14H2. The van der Waals surface area contributed by atoms with Crippen LogP contribution in [0.1, 0.15) is 0 Å². The van der Waals surface area contributed by atoms with Crippen LogP contribution in [0.2, 0.25) is 0 Å². The van der Waals surface area contributed by atoms with Crippen molar-refractivity contribution in [1.82, 2.24) is 5.06 Å². The van der Waals surface area contributed by atoms with Crippen molar-refractivity contribution >= 4 is 0 Å². The third kappa shape index (κ3) is 6.97. The van der Waals surface area contributed by atoms with E-state index in [1.807, 2.05) is 36.4 Å². The van der Waals surface area contributed by atoms with Gasteiger partial charge in [0.2, 0.25) is 0 Å². The van der Waals surface area contributed by atoms with E-state index in [0.717, 1.165) is 5.06 Å². The minimum Gasteiger partial charge on any atom is -0.491 e. The second-order valence-electron chi connectivity index (χ2n) is 5.43. The molecule has 130 valence electrons. The number of para-hydroxylation sites is 2. The third-order valence-electron chi connectivity index (χ3n) is 3.21. The molecule has 0 fully saturated rings. The first kappa shape index (κ1) is 18.2. The monoisotopic (exact) mass is 333 g/mol. The first-order valence-electron chi connectivity index (χ1n) is 7.79. The summed E-state index contributed by atoms with van der Waals surface area (Å²) in [7, 11) is 0. The average molecular weight is 333 g/mol. The van der Waals surface area contributed by atoms with Gasteiger partial charge in [-0.15, -0.1) is 0 Å². The van der Waals surface area contributed by atoms with Crippen LogP contribution in [0.4, 0.5) is 0 Å². The number of aliphatic hydroxyl groups excluding tert-OH is 2. The van der Waals surface area contributed by atoms with E-state index < -0.39 is 12.2 Å². The van der Waals surface area contributed by atoms with Crippen LogP contribution in [0, 0.1) is 0 Å². The minimum atomic E-state index is -0.877. The van der Waals surface area contributed by atoms with Gasteiger partial charge in [0.05, 0.1) is 13.1 Å². The van der Waals surface area contributed by atoms with E-state index in [9.17, 15) is 15.4 Å². The molecule has 6 nitrogen and oxygen atoms in total. The highest BCUT2D eigenvalue weighted by Crippen LogP contribution is 2.10. The zero-order valence-corrected chi connectivity index (χ0v) is 13.4. The lowest BCUT2D eigenvalue weighted by Gasteiger charge is -2.21. The van der Waals surface area contributed by atoms with Crippen LogP contribution in [-0.2, 0) is 0 Å². The lowest BCUT2D eigenvalue weighted by molar-refractivity contribution is -0.138. The van der Waals surface area contributed by atoms with Crippen molar-refractivity contribution < 1.29 is 24.9 Å². The largest absolute Gasteiger partial charge is 0.491 e. The maximum Gasteiger partial charge on any atom is 0.119 e. The summed E-state index contributed by atoms with van der Waals surface area (Å²) in [4.78, 5) is 0. The van der Waals surface area contributed by atoms with E-state index in [1.54, 1.807) is 24.3 Å². The molecule has 24 heavy (non-hydrogen) atoms. The van der Waals surface area contributed by atoms with Gasteiger partial charge in [-0.2, -0.15) is 5.06 Å². The predicted octanol–water partition coefficient (Wildman–Crippen LogP) is 1.56. The van der Waals surface area contributed by atoms with E-state index in [0.29, 0.717) is 11.5 Å². The summed E-state index contributed by atoms with van der Waals surface area (Å²) in [6, 6.07) is 18.2. The number of rotatable bonds is 10. The molecule has 0 aliphatic rings. The van der Waals surface area contributed by atoms with Crippen LogP contribution in [0.15, 0.2) is 60.7 Å². The van der Waals surface area contributed by atoms with Gasteiger partial charge in [-0.1, -0.05) is 36.4 Å². The first-order valence-corrected chi connectivity index (χ1v) is 7.79. The summed E-state index contributed by atoms with van der Waals surface area (Å²) in [5.41, 5.74) is 0. The molecule has 0 amide bonds. The van der Waals surface area contributed by atoms with Gasteiger partial charge in [-0.3, -0.25) is 0 Å². The minimum absolute atomic E-state index is 0.0325. The second-order valence-corrected chi connectivity index (χ2v) is 5.43. The molecule has 0 heterocycles. The number of nitrogens with zero attached hydrogens (tertiary/aromatic N) is 1. The summed E-state index contributed by atoms with van der Waals surface area (Å²) < 4.78 is 10.8. The van der Waals surface area contributed by atoms with E-state index in [4.69, 9.17) is 9.47 Å². The summed E-state index contributed by atoms with van der Waals surface area (Å²) in [5, 5.41) is 30.4. The van der Waals surface area contributed by atoms with Crippen molar-refractivity contribution in [3.05, 3.63) is 60.7 Å². The Morgan fingerprint density at radius 3 is 1.46 bits per heavy atom. The molecule has 0 aliphatic heterocycles. The molecule has 0 saturated carbocycles. The molecule has 6 heteroatoms. The molecule has 2 aromatic carbocycles. The lowest BCUT2D eigenvalue weighted by Crippen LogP contribution is -2.39. The van der Waals surface area contributed by atoms with E-state index in [-0.39, 0.29) is 26.3 Å². The fourth-order valence-corrected chi connectivity index (χ4v) is 2.08. The van der Waals surface area contributed by atoms with Gasteiger partial charge >= 0.3 is 0 Å². The maximum atomic E-state index is 9.86. The molecule has 2 aromatic rings. The van der Waals surface area contributed by atoms with Gasteiger partial charge in [0.25, 0.3) is 0 Å². The van der Waals surface area contributed by atoms with Crippen LogP contribution in [0.25, 0.3) is 0 Å². The van der Waals surface area contributed by atoms with Gasteiger partial charge in [-0.25, -0.2) is 0 Å². The molecule has 0 aromatic heterocycles. The third-order valence-corrected chi connectivity index (χ3v) is 3.21. The SMILES string of the molecule is OC(COc1ccccc1)CN(O)CC(O)COc1ccccc1. The Labute approximate surface area is 141 Å². The highest BCUT2D eigenvalue weighted by molar-refractivity contribution is 5.21. The number of hydroxylamine groups is 2. The Morgan fingerprint density at radius 2 is 1.08 bits per heavy atom. The van der Waals surface area contributed by atoms with Gasteiger partial charge in [-0.05, 0) is 24.3 Å². The second kappa shape index (κ2) is 9.89. The molecule has 3 N–H and O–H groups in total. The Morgan fingerprint density at radius 1 is 0.708 bits per heavy atom. The zero-order chi connectivity index (χ0) is 17.2. The molecule has 0 spiro atoms. The summed E-state index contributed by atoms with van der Waals surface area (Å²) >= 11 is 0. The number of hydrogen-bond donors (Lipinski definition) is 3. The Kier molecular flexibility index (Phi) is 7.51. The smallest absolute Gasteiger partial charge is 0.119 e. The molecule has 2 atom stereocenters. The predicted molar refractivity (Wildman–Crippen MR) is 89.2 cm³/mol. The fraction of sp³-hybridized carbons (Fsp3) is 0.333. The first-order chi connectivity index (χ1) is 11.6. The fourth-order valence-electron chi connectivity index (χ4n) is 2.08. The normalized spacial score (nSPS) is 13.5. The molecular formula is C18H23NO5. The van der Waals surface area contributed by atoms with E-state index in [2.05, 4.69) is 0 Å². The molecule has 2 rings (SSSR count). The van der Waals surface area contributed by atoms with Crippen molar-refractivity contribution in [3.8, 4) is 11.5 Å². The number of aliphatic hydroxyl groups is 2. The average Bonchev–Trinajstić information content (AvgIpc) is 2.60. The van der Waals surface area contributed by atoms with Crippen molar-refractivity contribution in [1.29, 1.82) is 0 Å². The van der Waals surface area contributed by atoms with Crippen molar-refractivity contribution in [2.24, 2.45) is 0 Å².